The van der Waals surface area contributed by atoms with E-state index in [1.807, 2.05) is 10.9 Å². The molecule has 1 aromatic heterocycles. The van der Waals surface area contributed by atoms with Gasteiger partial charge in [-0.3, -0.25) is 14.4 Å². The summed E-state index contributed by atoms with van der Waals surface area (Å²) in [6.07, 6.45) is 6.33. The van der Waals surface area contributed by atoms with Gasteiger partial charge < -0.3 is 14.8 Å². The van der Waals surface area contributed by atoms with Crippen LogP contribution in [0.2, 0.25) is 0 Å². The Hall–Kier alpha value is -2.54. The SMILES string of the molecule is CCn1cc(CN2CCC[C@H](CNC(=O)c3cccc(OC)c3OC)C2)cn1. The lowest BCUT2D eigenvalue weighted by molar-refractivity contribution is 0.0927. The third-order valence-electron chi connectivity index (χ3n) is 5.22. The lowest BCUT2D eigenvalue weighted by Crippen LogP contribution is -2.40. The molecule has 28 heavy (non-hydrogen) atoms. The molecular weight excluding hydrogens is 356 g/mol. The Balaban J connectivity index is 1.55. The number of nitrogens with one attached hydrogen (secondary N) is 1. The third-order valence-corrected chi connectivity index (χ3v) is 5.22. The maximum atomic E-state index is 12.7. The number of likely N-dealkylation sites (tertiary alicyclic amines) is 1. The van der Waals surface area contributed by atoms with Crippen LogP contribution >= 0.6 is 0 Å². The molecule has 2 heterocycles. The van der Waals surface area contributed by atoms with Gasteiger partial charge in [0.15, 0.2) is 11.5 Å². The van der Waals surface area contributed by atoms with Crippen molar-refractivity contribution in [2.45, 2.75) is 32.9 Å². The van der Waals surface area contributed by atoms with Crippen molar-refractivity contribution in [3.05, 3.63) is 41.7 Å². The van der Waals surface area contributed by atoms with E-state index in [4.69, 9.17) is 9.47 Å². The molecule has 1 atom stereocenters. The summed E-state index contributed by atoms with van der Waals surface area (Å²) in [7, 11) is 3.12. The highest BCUT2D eigenvalue weighted by molar-refractivity contribution is 5.97. The van der Waals surface area contributed by atoms with Crippen molar-refractivity contribution >= 4 is 5.91 Å². The Bertz CT molecular complexity index is 790. The van der Waals surface area contributed by atoms with Gasteiger partial charge in [0.25, 0.3) is 5.91 Å². The van der Waals surface area contributed by atoms with Gasteiger partial charge in [-0.15, -0.1) is 0 Å². The van der Waals surface area contributed by atoms with E-state index in [0.717, 1.165) is 39.0 Å². The van der Waals surface area contributed by atoms with Crippen LogP contribution in [0.15, 0.2) is 30.6 Å². The molecule has 1 N–H and O–H groups in total. The monoisotopic (exact) mass is 386 g/mol. The Labute approximate surface area is 166 Å². The normalized spacial score (nSPS) is 17.3. The van der Waals surface area contributed by atoms with Gasteiger partial charge in [-0.05, 0) is 44.4 Å². The van der Waals surface area contributed by atoms with Crippen molar-refractivity contribution in [1.29, 1.82) is 0 Å². The van der Waals surface area contributed by atoms with E-state index in [-0.39, 0.29) is 5.91 Å². The summed E-state index contributed by atoms with van der Waals surface area (Å²) in [5.74, 6) is 1.35. The number of carbonyl (C=O) groups excluding carboxylic acids is 1. The number of methoxy groups -OCH3 is 2. The highest BCUT2D eigenvalue weighted by atomic mass is 16.5. The molecule has 0 bridgehead atoms. The van der Waals surface area contributed by atoms with Crippen molar-refractivity contribution in [2.24, 2.45) is 5.92 Å². The average Bonchev–Trinajstić information content (AvgIpc) is 3.19. The first-order chi connectivity index (χ1) is 13.6. The summed E-state index contributed by atoms with van der Waals surface area (Å²) in [5.41, 5.74) is 1.74. The molecule has 0 aliphatic carbocycles. The number of aryl methyl sites for hydroxylation is 1. The first-order valence-electron chi connectivity index (χ1n) is 9.87. The number of para-hydroxylation sites is 1. The van der Waals surface area contributed by atoms with E-state index in [9.17, 15) is 4.79 Å². The van der Waals surface area contributed by atoms with Crippen molar-refractivity contribution in [3.8, 4) is 11.5 Å². The van der Waals surface area contributed by atoms with E-state index in [1.54, 1.807) is 32.4 Å². The first kappa shape index (κ1) is 20.2. The number of carbonyl (C=O) groups is 1. The van der Waals surface area contributed by atoms with Gasteiger partial charge in [0.05, 0.1) is 26.0 Å². The fraction of sp³-hybridized carbons (Fsp3) is 0.524. The molecule has 2 aromatic rings. The fourth-order valence-electron chi connectivity index (χ4n) is 3.78. The van der Waals surface area contributed by atoms with Gasteiger partial charge in [0.1, 0.15) is 0 Å². The van der Waals surface area contributed by atoms with Crippen LogP contribution in [0.25, 0.3) is 0 Å². The molecule has 1 fully saturated rings. The van der Waals surface area contributed by atoms with Gasteiger partial charge in [-0.1, -0.05) is 6.07 Å². The van der Waals surface area contributed by atoms with E-state index >= 15 is 0 Å². The number of piperidine rings is 1. The first-order valence-corrected chi connectivity index (χ1v) is 9.87. The summed E-state index contributed by atoms with van der Waals surface area (Å²) in [6.45, 7) is 6.62. The predicted octanol–water partition coefficient (Wildman–Crippen LogP) is 2.56. The predicted molar refractivity (Wildman–Crippen MR) is 108 cm³/mol. The van der Waals surface area contributed by atoms with Gasteiger partial charge in [0.2, 0.25) is 0 Å². The summed E-state index contributed by atoms with van der Waals surface area (Å²) in [5, 5.41) is 7.43. The second kappa shape index (κ2) is 9.59. The number of hydrogen-bond acceptors (Lipinski definition) is 5. The summed E-state index contributed by atoms with van der Waals surface area (Å²) < 4.78 is 12.6. The van der Waals surface area contributed by atoms with Crippen molar-refractivity contribution in [2.75, 3.05) is 33.9 Å². The van der Waals surface area contributed by atoms with Crippen molar-refractivity contribution in [1.82, 2.24) is 20.0 Å². The zero-order valence-corrected chi connectivity index (χ0v) is 17.0. The Morgan fingerprint density at radius 1 is 1.32 bits per heavy atom. The number of hydrogen-bond donors (Lipinski definition) is 1. The highest BCUT2D eigenvalue weighted by Crippen LogP contribution is 2.30. The largest absolute Gasteiger partial charge is 0.493 e. The molecule has 0 saturated carbocycles. The quantitative estimate of drug-likeness (QED) is 0.755. The average molecular weight is 386 g/mol. The second-order valence-corrected chi connectivity index (χ2v) is 7.20. The number of ether oxygens (including phenoxy) is 2. The molecule has 0 spiro atoms. The molecule has 1 aromatic carbocycles. The minimum absolute atomic E-state index is 0.128. The molecular formula is C21H30N4O3. The molecule has 7 heteroatoms. The standard InChI is InChI=1S/C21H30N4O3/c1-4-25-15-17(12-23-25)14-24-10-6-7-16(13-24)11-22-21(26)18-8-5-9-19(27-2)20(18)28-3/h5,8-9,12,15-16H,4,6-7,10-11,13-14H2,1-3H3,(H,22,26)/t16-/m1/s1. The smallest absolute Gasteiger partial charge is 0.255 e. The number of nitrogens with zero attached hydrogens (tertiary/aromatic N) is 3. The van der Waals surface area contributed by atoms with Crippen LogP contribution in [-0.2, 0) is 13.1 Å². The van der Waals surface area contributed by atoms with Gasteiger partial charge in [0, 0.05) is 37.9 Å². The van der Waals surface area contributed by atoms with Crippen LogP contribution in [-0.4, -0.2) is 54.4 Å². The van der Waals surface area contributed by atoms with Gasteiger partial charge in [-0.2, -0.15) is 5.10 Å². The van der Waals surface area contributed by atoms with Gasteiger partial charge >= 0.3 is 0 Å². The number of aromatic nitrogens is 2. The number of rotatable bonds is 8. The van der Waals surface area contributed by atoms with E-state index in [1.165, 1.54) is 5.56 Å². The maximum Gasteiger partial charge on any atom is 0.255 e. The molecule has 1 saturated heterocycles. The lowest BCUT2D eigenvalue weighted by Gasteiger charge is -2.32. The van der Waals surface area contributed by atoms with E-state index in [0.29, 0.717) is 29.5 Å². The topological polar surface area (TPSA) is 68.6 Å². The summed E-state index contributed by atoms with van der Waals surface area (Å²) in [4.78, 5) is 15.1. The Morgan fingerprint density at radius 3 is 2.89 bits per heavy atom. The third kappa shape index (κ3) is 4.84. The second-order valence-electron chi connectivity index (χ2n) is 7.20. The maximum absolute atomic E-state index is 12.7. The van der Waals surface area contributed by atoms with Crippen LogP contribution in [0.1, 0.15) is 35.7 Å². The number of amides is 1. The Kier molecular flexibility index (Phi) is 6.92. The van der Waals surface area contributed by atoms with Crippen LogP contribution in [0, 0.1) is 5.92 Å². The zero-order valence-electron chi connectivity index (χ0n) is 17.0. The molecule has 1 aliphatic heterocycles. The number of benzene rings is 1. The minimum atomic E-state index is -0.128. The van der Waals surface area contributed by atoms with Crippen molar-refractivity contribution < 1.29 is 14.3 Å². The molecule has 0 unspecified atom stereocenters. The minimum Gasteiger partial charge on any atom is -0.493 e. The van der Waals surface area contributed by atoms with E-state index < -0.39 is 0 Å². The van der Waals surface area contributed by atoms with Crippen molar-refractivity contribution in [3.63, 3.8) is 0 Å². The van der Waals surface area contributed by atoms with Crippen LogP contribution in [0.5, 0.6) is 11.5 Å². The molecule has 0 radical (unpaired) electrons. The summed E-state index contributed by atoms with van der Waals surface area (Å²) in [6, 6.07) is 5.35. The van der Waals surface area contributed by atoms with E-state index in [2.05, 4.69) is 28.4 Å². The highest BCUT2D eigenvalue weighted by Gasteiger charge is 2.22. The molecule has 1 amide bonds. The lowest BCUT2D eigenvalue weighted by atomic mass is 9.97. The fourth-order valence-corrected chi connectivity index (χ4v) is 3.78. The molecule has 3 rings (SSSR count). The van der Waals surface area contributed by atoms with Crippen LogP contribution in [0.3, 0.4) is 0 Å². The Morgan fingerprint density at radius 2 is 2.18 bits per heavy atom. The molecule has 7 nitrogen and oxygen atoms in total. The van der Waals surface area contributed by atoms with Gasteiger partial charge in [-0.25, -0.2) is 0 Å². The molecule has 152 valence electrons. The van der Waals surface area contributed by atoms with Crippen LogP contribution in [0.4, 0.5) is 0 Å². The zero-order chi connectivity index (χ0) is 19.9. The van der Waals surface area contributed by atoms with Crippen LogP contribution < -0.4 is 14.8 Å². The molecule has 1 aliphatic rings. The summed E-state index contributed by atoms with van der Waals surface area (Å²) >= 11 is 0.